The number of alkyl halides is 8. The zero-order chi connectivity index (χ0) is 87.9. The van der Waals surface area contributed by atoms with Gasteiger partial charge in [0.1, 0.15) is 12.2 Å². The van der Waals surface area contributed by atoms with Gasteiger partial charge in [-0.2, -0.15) is 9.97 Å². The zero-order valence-corrected chi connectivity index (χ0v) is 71.6. The minimum absolute atomic E-state index is 0.0197. The minimum atomic E-state index is -3.97. The first-order chi connectivity index (χ1) is 56.0. The summed E-state index contributed by atoms with van der Waals surface area (Å²) in [5.41, 5.74) is -7.22. The van der Waals surface area contributed by atoms with Crippen molar-refractivity contribution in [2.45, 2.75) is 256 Å². The Morgan fingerprint density at radius 2 is 0.900 bits per heavy atom. The van der Waals surface area contributed by atoms with Gasteiger partial charge >= 0.3 is 11.9 Å². The van der Waals surface area contributed by atoms with E-state index in [4.69, 9.17) is 51.6 Å². The van der Waals surface area contributed by atoms with E-state index in [1.165, 1.54) is 21.9 Å². The zero-order valence-electron chi connectivity index (χ0n) is 68.5. The number of allylic oxidation sites excluding steroid dienone is 4. The van der Waals surface area contributed by atoms with Crippen molar-refractivity contribution in [2.24, 2.45) is 58.2 Å². The second kappa shape index (κ2) is 36.4. The number of pyridine rings is 2. The highest BCUT2D eigenvalue weighted by Crippen LogP contribution is 2.59. The van der Waals surface area contributed by atoms with Crippen molar-refractivity contribution in [1.29, 1.82) is 0 Å². The van der Waals surface area contributed by atoms with Gasteiger partial charge in [-0.05, 0) is 165 Å². The molecule has 4 aromatic rings. The normalized spacial score (nSPS) is 28.6. The lowest BCUT2D eigenvalue weighted by molar-refractivity contribution is -0.197. The van der Waals surface area contributed by atoms with E-state index in [0.717, 1.165) is 27.7 Å². The van der Waals surface area contributed by atoms with Crippen molar-refractivity contribution >= 4 is 112 Å². The standard InChI is InChI=1S/2C42H52ClF4N3O9S/c2*1-23-9-6-7-10-25-19-42(25,39(54)49-60(55,56)27-13-14-27)20-33(51)32-16-26(58-37-28-11-8-12-31(43)30(28)17-35(48-37)57-22-34(44)45)21-50(32)38(53)29(24(2)15-23)18-36(52)59-40(3,4)41(5,46)47/h2*7-8,10-12,17,23-27,29,32,34H,6,9,13-16,18-22H2,1-5H3,(H,49,54)/b2*10-7-/t23-,24+,25+,26+,29-,32-,42+;23-,24-,25-,26-,29+,32+,42-/m01/s1. The SMILES string of the molecule is C[C@@H]1CC/C=C\[C@@H]2C[C@@]2(C(=O)NS(=O)(=O)C2CC2)CC(=O)[C@@H]2C[C@@H](Oc3nc(OCC(F)F)cc4c(Cl)cccc34)CN2C(=O)[C@@H](CC(=O)OC(C)(C)C(C)(F)F)[C@H](C)C1.C[C@H]1CC/C=C\[C@@H]2C[C@@]2(C(=O)NS(=O)(=O)C2CC2)CC(=O)[C@@H]2C[C@@H](Oc3nc(OCC(F)F)cc4c(Cl)cccc34)CN2C(=O)[C@@H](CC(=O)OC(C)(C)C(C)(F)F)[C@H](C)C1. The number of ketones is 2. The molecule has 4 aliphatic carbocycles. The largest absolute Gasteiger partial charge is 0.472 e. The van der Waals surface area contributed by atoms with Crippen LogP contribution in [0.1, 0.15) is 185 Å². The first kappa shape index (κ1) is 92.7. The summed E-state index contributed by atoms with van der Waals surface area (Å²) in [5.74, 6) is -17.6. The summed E-state index contributed by atoms with van der Waals surface area (Å²) in [5, 5.41) is 0.617. The molecule has 6 heterocycles. The van der Waals surface area contributed by atoms with Gasteiger partial charge in [-0.25, -0.2) is 52.0 Å². The maximum atomic E-state index is 14.9. The molecule has 24 nitrogen and oxygen atoms in total. The molecule has 8 aliphatic rings. The molecule has 0 unspecified atom stereocenters. The van der Waals surface area contributed by atoms with Gasteiger partial charge in [0.2, 0.25) is 67.2 Å². The molecule has 2 saturated heterocycles. The van der Waals surface area contributed by atoms with E-state index in [-0.39, 0.29) is 84.2 Å². The number of fused-ring (bicyclic) bond motifs is 6. The number of aromatic nitrogens is 2. The van der Waals surface area contributed by atoms with E-state index >= 15 is 0 Å². The quantitative estimate of drug-likeness (QED) is 0.0374. The molecule has 0 bridgehead atoms. The van der Waals surface area contributed by atoms with Crippen LogP contribution in [0, 0.1) is 58.2 Å². The number of carbonyl (C=O) groups excluding carboxylic acids is 8. The Balaban J connectivity index is 0.000000235. The Hall–Kier alpha value is -7.98. The topological polar surface area (TPSA) is 317 Å². The van der Waals surface area contributed by atoms with Gasteiger partial charge in [-0.1, -0.05) is 87.3 Å². The molecule has 0 spiro atoms. The molecule has 6 fully saturated rings. The Bertz CT molecular complexity index is 4560. The number of ether oxygens (including phenoxy) is 6. The lowest BCUT2D eigenvalue weighted by atomic mass is 9.82. The fourth-order valence-electron chi connectivity index (χ4n) is 16.5. The van der Waals surface area contributed by atoms with Crippen molar-refractivity contribution < 1.29 is 119 Å². The molecular weight excluding hydrogens is 1670 g/mol. The Morgan fingerprint density at radius 1 is 0.542 bits per heavy atom. The van der Waals surface area contributed by atoms with E-state index in [9.17, 15) is 90.3 Å². The fourth-order valence-corrected chi connectivity index (χ4v) is 19.7. The highest BCUT2D eigenvalue weighted by Gasteiger charge is 2.64. The molecule has 2 aromatic heterocycles. The van der Waals surface area contributed by atoms with Crippen LogP contribution in [0.2, 0.25) is 10.0 Å². The minimum Gasteiger partial charge on any atom is -0.472 e. The van der Waals surface area contributed by atoms with Crippen LogP contribution in [0.25, 0.3) is 21.5 Å². The van der Waals surface area contributed by atoms with Gasteiger partial charge in [0.05, 0.1) is 71.2 Å². The molecule has 4 saturated carbocycles. The molecule has 4 aliphatic heterocycles. The van der Waals surface area contributed by atoms with Crippen LogP contribution in [0.3, 0.4) is 0 Å². The number of Topliss-reactive ketones (excluding diaryl/α,β-unsaturated/α-hetero) is 2. The lowest BCUT2D eigenvalue weighted by Crippen LogP contribution is -2.48. The number of carbonyl (C=O) groups is 8. The number of sulfonamides is 2. The maximum absolute atomic E-state index is 14.9. The molecule has 2 N–H and O–H groups in total. The lowest BCUT2D eigenvalue weighted by Gasteiger charge is -2.34. The van der Waals surface area contributed by atoms with E-state index < -0.39 is 223 Å². The van der Waals surface area contributed by atoms with E-state index in [1.54, 1.807) is 50.2 Å². The van der Waals surface area contributed by atoms with Crippen LogP contribution < -0.4 is 28.4 Å². The maximum Gasteiger partial charge on any atom is 0.307 e. The average Bonchev–Trinajstić information content (AvgIpc) is 1.57. The Morgan fingerprint density at radius 3 is 1.23 bits per heavy atom. The molecule has 4 amide bonds. The highest BCUT2D eigenvalue weighted by molar-refractivity contribution is 7.91. The molecule has 2 aromatic carbocycles. The third-order valence-electron chi connectivity index (χ3n) is 24.8. The number of nitrogens with zero attached hydrogens (tertiary/aromatic N) is 4. The first-order valence-electron chi connectivity index (χ1n) is 40.7. The van der Waals surface area contributed by atoms with Crippen LogP contribution in [0.5, 0.6) is 23.5 Å². The summed E-state index contributed by atoms with van der Waals surface area (Å²) >= 11 is 12.9. The number of amides is 4. The number of halogens is 10. The van der Waals surface area contributed by atoms with Gasteiger partial charge in [-0.15, -0.1) is 0 Å². The molecular formula is C84H104Cl2F8N6O18S2. The summed E-state index contributed by atoms with van der Waals surface area (Å²) in [7, 11) is -7.93. The van der Waals surface area contributed by atoms with E-state index in [1.807, 2.05) is 38.2 Å². The number of nitrogens with one attached hydrogen (secondary N) is 2. The van der Waals surface area contributed by atoms with Crippen molar-refractivity contribution in [3.05, 3.63) is 82.9 Å². The van der Waals surface area contributed by atoms with Gasteiger partial charge < -0.3 is 38.2 Å². The van der Waals surface area contributed by atoms with Crippen molar-refractivity contribution in [2.75, 3.05) is 26.3 Å². The molecule has 660 valence electrons. The van der Waals surface area contributed by atoms with Gasteiger partial charge in [-0.3, -0.25) is 47.8 Å². The van der Waals surface area contributed by atoms with E-state index in [0.29, 0.717) is 99.6 Å². The van der Waals surface area contributed by atoms with Crippen LogP contribution in [0.4, 0.5) is 35.1 Å². The van der Waals surface area contributed by atoms with Crippen molar-refractivity contribution in [1.82, 2.24) is 29.2 Å². The van der Waals surface area contributed by atoms with Crippen LogP contribution in [-0.4, -0.2) is 181 Å². The number of esters is 2. The third-order valence-corrected chi connectivity index (χ3v) is 29.0. The molecule has 120 heavy (non-hydrogen) atoms. The van der Waals surface area contributed by atoms with Crippen molar-refractivity contribution in [3.8, 4) is 23.5 Å². The summed E-state index contributed by atoms with van der Waals surface area (Å²) in [6.07, 6.45) is 3.17. The predicted octanol–water partition coefficient (Wildman–Crippen LogP) is 14.9. The highest BCUT2D eigenvalue weighted by atomic mass is 35.5. The average molecular weight is 1770 g/mol. The van der Waals surface area contributed by atoms with Crippen LogP contribution >= 0.6 is 23.2 Å². The molecule has 12 rings (SSSR count). The number of hydrogen-bond donors (Lipinski definition) is 2. The molecule has 36 heteroatoms. The fraction of sp³-hybridized carbons (Fsp3) is 0.643. The summed E-state index contributed by atoms with van der Waals surface area (Å²) in [6, 6.07) is 9.96. The van der Waals surface area contributed by atoms with Gasteiger partial charge in [0.25, 0.3) is 24.7 Å². The smallest absolute Gasteiger partial charge is 0.307 e. The Kier molecular flexibility index (Phi) is 28.2. The monoisotopic (exact) mass is 1770 g/mol. The third kappa shape index (κ3) is 22.0. The predicted molar refractivity (Wildman–Crippen MR) is 427 cm³/mol. The second-order valence-corrected chi connectivity index (χ2v) is 39.9. The van der Waals surface area contributed by atoms with Crippen LogP contribution in [0.15, 0.2) is 72.8 Å². The van der Waals surface area contributed by atoms with Gasteiger partial charge in [0.15, 0.2) is 36.0 Å². The van der Waals surface area contributed by atoms with E-state index in [2.05, 4.69) is 19.4 Å². The Labute approximate surface area is 702 Å². The first-order valence-corrected chi connectivity index (χ1v) is 44.5. The summed E-state index contributed by atoms with van der Waals surface area (Å²) in [6.45, 7) is 10.7. The summed E-state index contributed by atoms with van der Waals surface area (Å²) in [4.78, 5) is 125. The molecule has 14 atom stereocenters. The number of hydrogen-bond acceptors (Lipinski definition) is 20. The van der Waals surface area contributed by atoms with Crippen molar-refractivity contribution in [3.63, 3.8) is 0 Å². The number of benzene rings is 2. The van der Waals surface area contributed by atoms with Crippen LogP contribution in [-0.2, 0) is 67.9 Å². The summed E-state index contributed by atoms with van der Waals surface area (Å²) < 4.78 is 200. The number of rotatable bonds is 24. The van der Waals surface area contributed by atoms with Gasteiger partial charge in [0, 0.05) is 83.3 Å². The second-order valence-electron chi connectivity index (χ2n) is 35.2. The molecule has 0 radical (unpaired) electrons.